The molecule has 21 heavy (non-hydrogen) atoms. The standard InChI is InChI=1S/C14H23N3O3S/c1-10(16-4)11-6-5-7-12(8-11)21(19,20)17-14(2,3)9-13(15)18/h5-8,10,16-17H,9H2,1-4H3,(H2,15,18). The molecule has 0 aliphatic carbocycles. The fraction of sp³-hybridized carbons (Fsp3) is 0.500. The Kier molecular flexibility index (Phi) is 5.49. The van der Waals surface area contributed by atoms with Crippen LogP contribution in [0.3, 0.4) is 0 Å². The third kappa shape index (κ3) is 5.11. The van der Waals surface area contributed by atoms with Gasteiger partial charge in [0, 0.05) is 18.0 Å². The van der Waals surface area contributed by atoms with Gasteiger partial charge < -0.3 is 11.1 Å². The predicted molar refractivity (Wildman–Crippen MR) is 82.1 cm³/mol. The Hall–Kier alpha value is -1.44. The molecule has 6 nitrogen and oxygen atoms in total. The molecule has 0 aromatic heterocycles. The highest BCUT2D eigenvalue weighted by molar-refractivity contribution is 7.89. The zero-order valence-electron chi connectivity index (χ0n) is 12.8. The van der Waals surface area contributed by atoms with Crippen LogP contribution in [-0.4, -0.2) is 26.9 Å². The second-order valence-corrected chi connectivity index (χ2v) is 7.40. The SMILES string of the molecule is CNC(C)c1cccc(S(=O)(=O)NC(C)(C)CC(N)=O)c1. The first-order valence-corrected chi connectivity index (χ1v) is 8.15. The van der Waals surface area contributed by atoms with E-state index in [1.165, 1.54) is 6.07 Å². The summed E-state index contributed by atoms with van der Waals surface area (Å²) in [6, 6.07) is 6.73. The minimum absolute atomic E-state index is 0.0405. The molecule has 1 aromatic carbocycles. The maximum absolute atomic E-state index is 12.4. The van der Waals surface area contributed by atoms with Crippen LogP contribution >= 0.6 is 0 Å². The molecule has 1 atom stereocenters. The topological polar surface area (TPSA) is 101 Å². The van der Waals surface area contributed by atoms with E-state index in [9.17, 15) is 13.2 Å². The Morgan fingerprint density at radius 3 is 2.52 bits per heavy atom. The summed E-state index contributed by atoms with van der Waals surface area (Å²) >= 11 is 0. The summed E-state index contributed by atoms with van der Waals surface area (Å²) in [5.41, 5.74) is 5.07. The molecule has 0 bridgehead atoms. The van der Waals surface area contributed by atoms with E-state index in [1.807, 2.05) is 13.0 Å². The molecule has 1 rings (SSSR count). The van der Waals surface area contributed by atoms with E-state index < -0.39 is 21.5 Å². The third-order valence-corrected chi connectivity index (χ3v) is 4.82. The van der Waals surface area contributed by atoms with Gasteiger partial charge in [-0.25, -0.2) is 13.1 Å². The van der Waals surface area contributed by atoms with Gasteiger partial charge in [0.05, 0.1) is 4.90 Å². The number of primary amides is 1. The first-order valence-electron chi connectivity index (χ1n) is 6.67. The van der Waals surface area contributed by atoms with Crippen LogP contribution in [0.25, 0.3) is 0 Å². The van der Waals surface area contributed by atoms with Crippen molar-refractivity contribution in [1.29, 1.82) is 0 Å². The van der Waals surface area contributed by atoms with Gasteiger partial charge in [-0.1, -0.05) is 12.1 Å². The van der Waals surface area contributed by atoms with E-state index in [2.05, 4.69) is 10.0 Å². The number of nitrogens with two attached hydrogens (primary N) is 1. The molecule has 118 valence electrons. The average molecular weight is 313 g/mol. The Morgan fingerprint density at radius 1 is 1.38 bits per heavy atom. The third-order valence-electron chi connectivity index (χ3n) is 3.13. The molecule has 7 heteroatoms. The van der Waals surface area contributed by atoms with Gasteiger partial charge in [-0.15, -0.1) is 0 Å². The van der Waals surface area contributed by atoms with E-state index in [-0.39, 0.29) is 17.4 Å². The number of carbonyl (C=O) groups excluding carboxylic acids is 1. The molecule has 0 spiro atoms. The summed E-state index contributed by atoms with van der Waals surface area (Å²) in [7, 11) is -1.91. The summed E-state index contributed by atoms with van der Waals surface area (Å²) in [5, 5.41) is 3.06. The van der Waals surface area contributed by atoms with Crippen LogP contribution in [0.5, 0.6) is 0 Å². The molecular weight excluding hydrogens is 290 g/mol. The molecule has 0 saturated carbocycles. The van der Waals surface area contributed by atoms with Crippen molar-refractivity contribution < 1.29 is 13.2 Å². The van der Waals surface area contributed by atoms with Crippen molar-refractivity contribution in [3.8, 4) is 0 Å². The van der Waals surface area contributed by atoms with Crippen molar-refractivity contribution in [2.24, 2.45) is 5.73 Å². The highest BCUT2D eigenvalue weighted by Crippen LogP contribution is 2.19. The minimum Gasteiger partial charge on any atom is -0.370 e. The predicted octanol–water partition coefficient (Wildman–Crippen LogP) is 0.899. The van der Waals surface area contributed by atoms with Crippen LogP contribution in [0.2, 0.25) is 0 Å². The van der Waals surface area contributed by atoms with Gasteiger partial charge in [0.15, 0.2) is 0 Å². The van der Waals surface area contributed by atoms with Gasteiger partial charge in [0.2, 0.25) is 15.9 Å². The zero-order valence-corrected chi connectivity index (χ0v) is 13.6. The molecule has 0 aliphatic rings. The number of hydrogen-bond acceptors (Lipinski definition) is 4. The molecule has 1 aromatic rings. The lowest BCUT2D eigenvalue weighted by Gasteiger charge is -2.24. The number of sulfonamides is 1. The van der Waals surface area contributed by atoms with Crippen LogP contribution in [0.4, 0.5) is 0 Å². The van der Waals surface area contributed by atoms with Crippen molar-refractivity contribution in [3.05, 3.63) is 29.8 Å². The monoisotopic (exact) mass is 313 g/mol. The highest BCUT2D eigenvalue weighted by atomic mass is 32.2. The number of benzene rings is 1. The Balaban J connectivity index is 3.06. The van der Waals surface area contributed by atoms with E-state index in [1.54, 1.807) is 33.0 Å². The minimum atomic E-state index is -3.71. The van der Waals surface area contributed by atoms with Gasteiger partial charge in [0.1, 0.15) is 0 Å². The number of nitrogens with one attached hydrogen (secondary N) is 2. The number of carbonyl (C=O) groups is 1. The Bertz CT molecular complexity index is 612. The zero-order chi connectivity index (χ0) is 16.3. The van der Waals surface area contributed by atoms with Crippen molar-refractivity contribution in [2.45, 2.75) is 43.7 Å². The summed E-state index contributed by atoms with van der Waals surface area (Å²) in [6.07, 6.45) is -0.0706. The van der Waals surface area contributed by atoms with Crippen LogP contribution in [0.1, 0.15) is 38.8 Å². The van der Waals surface area contributed by atoms with Crippen LogP contribution < -0.4 is 15.8 Å². The second-order valence-electron chi connectivity index (χ2n) is 5.72. The molecule has 4 N–H and O–H groups in total. The molecule has 0 aliphatic heterocycles. The quantitative estimate of drug-likeness (QED) is 0.696. The largest absolute Gasteiger partial charge is 0.370 e. The molecule has 0 saturated heterocycles. The van der Waals surface area contributed by atoms with E-state index in [0.29, 0.717) is 0 Å². The van der Waals surface area contributed by atoms with E-state index >= 15 is 0 Å². The summed E-state index contributed by atoms with van der Waals surface area (Å²) in [5.74, 6) is -0.555. The van der Waals surface area contributed by atoms with Crippen LogP contribution in [0.15, 0.2) is 29.2 Å². The summed E-state index contributed by atoms with van der Waals surface area (Å²) < 4.78 is 27.3. The lowest BCUT2D eigenvalue weighted by atomic mass is 10.0. The normalized spacial score (nSPS) is 13.9. The molecule has 1 amide bonds. The van der Waals surface area contributed by atoms with E-state index in [4.69, 9.17) is 5.73 Å². The molecular formula is C14H23N3O3S. The lowest BCUT2D eigenvalue weighted by Crippen LogP contribution is -2.45. The first kappa shape index (κ1) is 17.6. The van der Waals surface area contributed by atoms with Crippen molar-refractivity contribution in [3.63, 3.8) is 0 Å². The van der Waals surface area contributed by atoms with Crippen LogP contribution in [-0.2, 0) is 14.8 Å². The number of hydrogen-bond donors (Lipinski definition) is 3. The maximum Gasteiger partial charge on any atom is 0.241 e. The van der Waals surface area contributed by atoms with E-state index in [0.717, 1.165) is 5.56 Å². The molecule has 0 radical (unpaired) electrons. The van der Waals surface area contributed by atoms with Gasteiger partial charge in [-0.05, 0) is 45.5 Å². The Morgan fingerprint density at radius 2 is 2.00 bits per heavy atom. The fourth-order valence-corrected chi connectivity index (χ4v) is 3.48. The van der Waals surface area contributed by atoms with Crippen molar-refractivity contribution >= 4 is 15.9 Å². The van der Waals surface area contributed by atoms with Crippen molar-refractivity contribution in [2.75, 3.05) is 7.05 Å². The molecule has 1 unspecified atom stereocenters. The van der Waals surface area contributed by atoms with Crippen molar-refractivity contribution in [1.82, 2.24) is 10.0 Å². The molecule has 0 heterocycles. The van der Waals surface area contributed by atoms with Gasteiger partial charge in [-0.3, -0.25) is 4.79 Å². The Labute approximate surface area is 126 Å². The maximum atomic E-state index is 12.4. The van der Waals surface area contributed by atoms with Gasteiger partial charge in [0.25, 0.3) is 0 Å². The molecule has 0 fully saturated rings. The first-order chi connectivity index (χ1) is 9.57. The second kappa shape index (κ2) is 6.55. The highest BCUT2D eigenvalue weighted by Gasteiger charge is 2.28. The van der Waals surface area contributed by atoms with Gasteiger partial charge in [-0.2, -0.15) is 0 Å². The lowest BCUT2D eigenvalue weighted by molar-refractivity contribution is -0.119. The summed E-state index contributed by atoms with van der Waals surface area (Å²) in [6.45, 7) is 5.18. The smallest absolute Gasteiger partial charge is 0.241 e. The fourth-order valence-electron chi connectivity index (χ4n) is 2.01. The average Bonchev–Trinajstić information content (AvgIpc) is 2.35. The summed E-state index contributed by atoms with van der Waals surface area (Å²) in [4.78, 5) is 11.2. The number of rotatable bonds is 7. The van der Waals surface area contributed by atoms with Crippen LogP contribution in [0, 0.1) is 0 Å². The number of amides is 1. The van der Waals surface area contributed by atoms with Gasteiger partial charge >= 0.3 is 0 Å².